The first-order chi connectivity index (χ1) is 7.65. The number of hydrogen-bond donors (Lipinski definition) is 0. The molecule has 0 aliphatic heterocycles. The molecule has 0 bridgehead atoms. The van der Waals surface area contributed by atoms with E-state index < -0.39 is 0 Å². The molecule has 0 fully saturated rings. The molecule has 0 saturated heterocycles. The minimum atomic E-state index is -0.374. The van der Waals surface area contributed by atoms with Crippen molar-refractivity contribution in [3.05, 3.63) is 44.6 Å². The lowest BCUT2D eigenvalue weighted by Gasteiger charge is -2.05. The molecule has 0 aliphatic rings. The van der Waals surface area contributed by atoms with Gasteiger partial charge in [0, 0.05) is 9.85 Å². The third-order valence-electron chi connectivity index (χ3n) is 1.94. The van der Waals surface area contributed by atoms with E-state index in [1.54, 1.807) is 23.5 Å². The van der Waals surface area contributed by atoms with E-state index >= 15 is 0 Å². The topological polar surface area (TPSA) is 22.1 Å². The number of aryl methyl sites for hydroxylation is 1. The second kappa shape index (κ2) is 4.93. The number of nitrogens with zero attached hydrogens (tertiary/aromatic N) is 1. The molecule has 0 unspecified atom stereocenters. The first-order valence-electron chi connectivity index (χ1n) is 4.64. The number of rotatable bonds is 3. The van der Waals surface area contributed by atoms with Crippen LogP contribution in [-0.4, -0.2) is 4.98 Å². The van der Waals surface area contributed by atoms with E-state index in [-0.39, 0.29) is 11.6 Å². The smallest absolute Gasteiger partial charge is 0.166 e. The fourth-order valence-corrected chi connectivity index (χ4v) is 2.15. The van der Waals surface area contributed by atoms with E-state index in [0.29, 0.717) is 11.1 Å². The molecule has 1 aromatic heterocycles. The van der Waals surface area contributed by atoms with E-state index in [9.17, 15) is 4.39 Å². The molecular formula is C11H9BrFNOS. The van der Waals surface area contributed by atoms with Crippen LogP contribution in [0, 0.1) is 12.7 Å². The lowest BCUT2D eigenvalue weighted by atomic mass is 10.3. The maximum Gasteiger partial charge on any atom is 0.166 e. The van der Waals surface area contributed by atoms with Crippen LogP contribution in [0.5, 0.6) is 5.75 Å². The molecule has 0 spiro atoms. The minimum absolute atomic E-state index is 0.244. The molecule has 2 rings (SSSR count). The summed E-state index contributed by atoms with van der Waals surface area (Å²) < 4.78 is 19.4. The van der Waals surface area contributed by atoms with E-state index in [4.69, 9.17) is 4.74 Å². The maximum atomic E-state index is 13.4. The van der Waals surface area contributed by atoms with Gasteiger partial charge in [-0.25, -0.2) is 9.37 Å². The number of halogens is 2. The largest absolute Gasteiger partial charge is 0.484 e. The van der Waals surface area contributed by atoms with Crippen LogP contribution in [0.1, 0.15) is 10.7 Å². The van der Waals surface area contributed by atoms with Crippen LogP contribution in [0.4, 0.5) is 4.39 Å². The van der Waals surface area contributed by atoms with Crippen molar-refractivity contribution in [3.63, 3.8) is 0 Å². The van der Waals surface area contributed by atoms with Crippen molar-refractivity contribution >= 4 is 27.3 Å². The summed E-state index contributed by atoms with van der Waals surface area (Å²) in [5.74, 6) is -0.129. The van der Waals surface area contributed by atoms with Crippen LogP contribution in [0.25, 0.3) is 0 Å². The van der Waals surface area contributed by atoms with E-state index in [0.717, 1.165) is 10.7 Å². The van der Waals surface area contributed by atoms with Gasteiger partial charge in [0.05, 0.1) is 10.7 Å². The van der Waals surface area contributed by atoms with Crippen LogP contribution in [0.15, 0.2) is 28.1 Å². The lowest BCUT2D eigenvalue weighted by molar-refractivity contribution is 0.286. The highest BCUT2D eigenvalue weighted by Crippen LogP contribution is 2.22. The standard InChI is InChI=1S/C11H9BrFNOS/c1-7-14-9(6-16-7)5-15-11-3-2-8(12)4-10(11)13/h2-4,6H,5H2,1H3. The van der Waals surface area contributed by atoms with Gasteiger partial charge in [-0.15, -0.1) is 11.3 Å². The molecule has 1 heterocycles. The number of thiazole rings is 1. The highest BCUT2D eigenvalue weighted by atomic mass is 79.9. The Balaban J connectivity index is 2.04. The van der Waals surface area contributed by atoms with E-state index in [2.05, 4.69) is 20.9 Å². The number of ether oxygens (including phenoxy) is 1. The number of aromatic nitrogens is 1. The predicted molar refractivity (Wildman–Crippen MR) is 65.3 cm³/mol. The average molecular weight is 302 g/mol. The zero-order valence-electron chi connectivity index (χ0n) is 8.54. The van der Waals surface area contributed by atoms with Gasteiger partial charge in [-0.05, 0) is 25.1 Å². The molecule has 2 nitrogen and oxygen atoms in total. The summed E-state index contributed by atoms with van der Waals surface area (Å²) >= 11 is 4.74. The van der Waals surface area contributed by atoms with Gasteiger partial charge in [0.25, 0.3) is 0 Å². The number of benzene rings is 1. The number of hydrogen-bond acceptors (Lipinski definition) is 3. The van der Waals surface area contributed by atoms with E-state index in [1.165, 1.54) is 6.07 Å². The lowest BCUT2D eigenvalue weighted by Crippen LogP contribution is -1.97. The average Bonchev–Trinajstić information content (AvgIpc) is 2.63. The van der Waals surface area contributed by atoms with Crippen LogP contribution < -0.4 is 4.74 Å². The molecule has 0 radical (unpaired) electrons. The SMILES string of the molecule is Cc1nc(COc2ccc(Br)cc2F)cs1. The molecule has 0 atom stereocenters. The predicted octanol–water partition coefficient (Wildman–Crippen LogP) is 3.93. The van der Waals surface area contributed by atoms with Crippen LogP contribution in [0.3, 0.4) is 0 Å². The van der Waals surface area contributed by atoms with Crippen molar-refractivity contribution in [2.24, 2.45) is 0 Å². The molecule has 0 amide bonds. The molecule has 2 aromatic rings. The second-order valence-electron chi connectivity index (χ2n) is 3.22. The fraction of sp³-hybridized carbons (Fsp3) is 0.182. The Hall–Kier alpha value is -0.940. The Labute approximate surface area is 105 Å². The summed E-state index contributed by atoms with van der Waals surface area (Å²) in [5, 5.41) is 2.89. The quantitative estimate of drug-likeness (QED) is 0.857. The van der Waals surface area contributed by atoms with Crippen LogP contribution >= 0.6 is 27.3 Å². The maximum absolute atomic E-state index is 13.4. The Morgan fingerprint density at radius 3 is 2.94 bits per heavy atom. The first-order valence-corrected chi connectivity index (χ1v) is 6.31. The van der Waals surface area contributed by atoms with E-state index in [1.807, 2.05) is 12.3 Å². The first kappa shape index (κ1) is 11.5. The zero-order valence-corrected chi connectivity index (χ0v) is 10.9. The molecule has 1 aromatic carbocycles. The van der Waals surface area contributed by atoms with Gasteiger partial charge in [-0.1, -0.05) is 15.9 Å². The summed E-state index contributed by atoms with van der Waals surface area (Å²) in [6.07, 6.45) is 0. The minimum Gasteiger partial charge on any atom is -0.484 e. The van der Waals surface area contributed by atoms with Crippen LogP contribution in [0.2, 0.25) is 0 Å². The van der Waals surface area contributed by atoms with Crippen molar-refractivity contribution in [2.45, 2.75) is 13.5 Å². The van der Waals surface area contributed by atoms with Gasteiger partial charge in [0.15, 0.2) is 11.6 Å². The molecular weight excluding hydrogens is 293 g/mol. The third-order valence-corrected chi connectivity index (χ3v) is 3.25. The molecule has 0 N–H and O–H groups in total. The Morgan fingerprint density at radius 1 is 1.50 bits per heavy atom. The fourth-order valence-electron chi connectivity index (χ4n) is 1.22. The van der Waals surface area contributed by atoms with Crippen LogP contribution in [-0.2, 0) is 6.61 Å². The monoisotopic (exact) mass is 301 g/mol. The summed E-state index contributed by atoms with van der Waals surface area (Å²) in [5.41, 5.74) is 0.824. The molecule has 0 saturated carbocycles. The second-order valence-corrected chi connectivity index (χ2v) is 5.20. The Kier molecular flexibility index (Phi) is 3.56. The highest BCUT2D eigenvalue weighted by Gasteiger charge is 2.05. The Bertz CT molecular complexity index is 500. The van der Waals surface area contributed by atoms with Crippen molar-refractivity contribution in [1.82, 2.24) is 4.98 Å². The molecule has 84 valence electrons. The van der Waals surface area contributed by atoms with Crippen molar-refractivity contribution < 1.29 is 9.13 Å². The normalized spacial score (nSPS) is 10.4. The van der Waals surface area contributed by atoms with Gasteiger partial charge in [0.2, 0.25) is 0 Å². The molecule has 16 heavy (non-hydrogen) atoms. The summed E-state index contributed by atoms with van der Waals surface area (Å²) in [7, 11) is 0. The summed E-state index contributed by atoms with van der Waals surface area (Å²) in [6, 6.07) is 4.71. The van der Waals surface area contributed by atoms with Crippen molar-refractivity contribution in [1.29, 1.82) is 0 Å². The van der Waals surface area contributed by atoms with Gasteiger partial charge < -0.3 is 4.74 Å². The Morgan fingerprint density at radius 2 is 2.31 bits per heavy atom. The highest BCUT2D eigenvalue weighted by molar-refractivity contribution is 9.10. The molecule has 0 aliphatic carbocycles. The third kappa shape index (κ3) is 2.80. The molecule has 5 heteroatoms. The van der Waals surface area contributed by atoms with Gasteiger partial charge in [0.1, 0.15) is 6.61 Å². The van der Waals surface area contributed by atoms with Crippen molar-refractivity contribution in [3.8, 4) is 5.75 Å². The van der Waals surface area contributed by atoms with Gasteiger partial charge >= 0.3 is 0 Å². The summed E-state index contributed by atoms with van der Waals surface area (Å²) in [4.78, 5) is 4.23. The zero-order chi connectivity index (χ0) is 11.5. The van der Waals surface area contributed by atoms with Gasteiger partial charge in [-0.2, -0.15) is 0 Å². The van der Waals surface area contributed by atoms with Gasteiger partial charge in [-0.3, -0.25) is 0 Å². The van der Waals surface area contributed by atoms with Crippen molar-refractivity contribution in [2.75, 3.05) is 0 Å². The summed E-state index contributed by atoms with van der Waals surface area (Å²) in [6.45, 7) is 2.22.